The summed E-state index contributed by atoms with van der Waals surface area (Å²) in [5.74, 6) is 3.42. The zero-order chi connectivity index (χ0) is 25.5. The second-order valence-corrected chi connectivity index (χ2v) is 11.8. The van der Waals surface area contributed by atoms with Gasteiger partial charge in [0.2, 0.25) is 11.6 Å². The van der Waals surface area contributed by atoms with E-state index in [0.29, 0.717) is 17.5 Å². The molecule has 0 saturated heterocycles. The fourth-order valence-electron chi connectivity index (χ4n) is 6.51. The summed E-state index contributed by atoms with van der Waals surface area (Å²) in [6.45, 7) is 5.42. The molecular weight excluding hydrogens is 470 g/mol. The van der Waals surface area contributed by atoms with Crippen LogP contribution in [-0.2, 0) is 6.54 Å². The SMILES string of the molecule is CC1CCC(Cn2c(C3CCCCC3O)nc3nc(-c4noc(=O)[nH]4)nc(N[C@H](C)C4CCC4)c32)CC1. The topological polar surface area (TPSA) is 135 Å². The Morgan fingerprint density at radius 1 is 1.05 bits per heavy atom. The lowest BCUT2D eigenvalue weighted by Gasteiger charge is -2.33. The first kappa shape index (κ1) is 24.6. The highest BCUT2D eigenvalue weighted by atomic mass is 16.5. The summed E-state index contributed by atoms with van der Waals surface area (Å²) in [6, 6.07) is 0.249. The highest BCUT2D eigenvalue weighted by Gasteiger charge is 2.33. The molecule has 3 aromatic heterocycles. The van der Waals surface area contributed by atoms with Crippen molar-refractivity contribution in [1.82, 2.24) is 29.7 Å². The minimum absolute atomic E-state index is 0.0160. The van der Waals surface area contributed by atoms with E-state index in [4.69, 9.17) is 19.5 Å². The Labute approximate surface area is 216 Å². The third-order valence-corrected chi connectivity index (χ3v) is 9.14. The average molecular weight is 510 g/mol. The molecule has 10 heteroatoms. The first-order valence-corrected chi connectivity index (χ1v) is 14.3. The average Bonchev–Trinajstić information content (AvgIpc) is 3.43. The molecule has 0 spiro atoms. The van der Waals surface area contributed by atoms with Crippen molar-refractivity contribution in [3.8, 4) is 11.6 Å². The molecule has 3 heterocycles. The second kappa shape index (κ2) is 10.2. The van der Waals surface area contributed by atoms with Crippen molar-refractivity contribution in [2.75, 3.05) is 5.32 Å². The summed E-state index contributed by atoms with van der Waals surface area (Å²) < 4.78 is 7.06. The lowest BCUT2D eigenvalue weighted by Crippen LogP contribution is -2.31. The van der Waals surface area contributed by atoms with E-state index in [-0.39, 0.29) is 23.6 Å². The van der Waals surface area contributed by atoms with Gasteiger partial charge in [0.05, 0.1) is 6.10 Å². The molecule has 0 aliphatic heterocycles. The zero-order valence-electron chi connectivity index (χ0n) is 21.9. The summed E-state index contributed by atoms with van der Waals surface area (Å²) in [5, 5.41) is 18.5. The smallest absolute Gasteiger partial charge is 0.392 e. The van der Waals surface area contributed by atoms with Crippen molar-refractivity contribution in [3.05, 3.63) is 16.4 Å². The van der Waals surface area contributed by atoms with Crippen LogP contribution in [0.15, 0.2) is 9.32 Å². The Balaban J connectivity index is 1.48. The fourth-order valence-corrected chi connectivity index (χ4v) is 6.51. The maximum atomic E-state index is 11.7. The predicted octanol–water partition coefficient (Wildman–Crippen LogP) is 4.61. The Morgan fingerprint density at radius 3 is 2.51 bits per heavy atom. The van der Waals surface area contributed by atoms with Gasteiger partial charge in [0.1, 0.15) is 11.3 Å². The molecule has 3 fully saturated rings. The van der Waals surface area contributed by atoms with Crippen molar-refractivity contribution in [2.24, 2.45) is 17.8 Å². The molecule has 3 aliphatic carbocycles. The van der Waals surface area contributed by atoms with Crippen molar-refractivity contribution >= 4 is 17.0 Å². The molecule has 0 radical (unpaired) electrons. The van der Waals surface area contributed by atoms with E-state index in [9.17, 15) is 9.90 Å². The minimum Gasteiger partial charge on any atom is -0.392 e. The minimum atomic E-state index is -0.640. The largest absolute Gasteiger partial charge is 0.439 e. The Bertz CT molecular complexity index is 1280. The first-order valence-electron chi connectivity index (χ1n) is 14.3. The second-order valence-electron chi connectivity index (χ2n) is 11.8. The number of nitrogens with zero attached hydrogens (tertiary/aromatic N) is 5. The molecule has 0 bridgehead atoms. The van der Waals surface area contributed by atoms with Gasteiger partial charge in [-0.2, -0.15) is 0 Å². The molecule has 3 atom stereocenters. The number of rotatable bonds is 7. The number of aliphatic hydroxyl groups excluding tert-OH is 1. The summed E-state index contributed by atoms with van der Waals surface area (Å²) in [6.07, 6.45) is 12.1. The van der Waals surface area contributed by atoms with Gasteiger partial charge in [-0.05, 0) is 63.2 Å². The van der Waals surface area contributed by atoms with Gasteiger partial charge in [-0.3, -0.25) is 9.51 Å². The van der Waals surface area contributed by atoms with Crippen LogP contribution in [0, 0.1) is 17.8 Å². The lowest BCUT2D eigenvalue weighted by atomic mass is 9.80. The van der Waals surface area contributed by atoms with Crippen molar-refractivity contribution in [3.63, 3.8) is 0 Å². The van der Waals surface area contributed by atoms with Gasteiger partial charge in [-0.25, -0.2) is 19.7 Å². The Hall–Kier alpha value is -2.75. The van der Waals surface area contributed by atoms with Gasteiger partial charge >= 0.3 is 5.76 Å². The van der Waals surface area contributed by atoms with Crippen LogP contribution < -0.4 is 11.1 Å². The number of hydrogen-bond acceptors (Lipinski definition) is 8. The molecule has 3 saturated carbocycles. The number of anilines is 1. The van der Waals surface area contributed by atoms with Crippen molar-refractivity contribution in [2.45, 2.75) is 109 Å². The van der Waals surface area contributed by atoms with Crippen LogP contribution in [0.5, 0.6) is 0 Å². The van der Waals surface area contributed by atoms with E-state index in [0.717, 1.165) is 55.3 Å². The van der Waals surface area contributed by atoms with Crippen molar-refractivity contribution < 1.29 is 9.63 Å². The molecule has 0 aromatic carbocycles. The molecular formula is C27H39N7O3. The standard InChI is InChI=1S/C27H39N7O3/c1-15-10-12-17(13-11-15)14-34-21-22(28-16(2)18-6-5-7-18)29-24(25-32-27(36)37-33-25)30-23(21)31-26(34)19-8-3-4-9-20(19)35/h15-20,35H,3-14H2,1-2H3,(H,28,29,30)(H,32,33,36)/t15?,16-,17?,19?,20?/m1/s1. The van der Waals surface area contributed by atoms with Crippen LogP contribution in [0.3, 0.4) is 0 Å². The quantitative estimate of drug-likeness (QED) is 0.420. The van der Waals surface area contributed by atoms with Gasteiger partial charge in [0.25, 0.3) is 0 Å². The maximum Gasteiger partial charge on any atom is 0.439 e. The van der Waals surface area contributed by atoms with Gasteiger partial charge in [-0.1, -0.05) is 44.2 Å². The van der Waals surface area contributed by atoms with Crippen LogP contribution in [0.1, 0.15) is 96.2 Å². The van der Waals surface area contributed by atoms with Gasteiger partial charge in [0.15, 0.2) is 11.5 Å². The summed E-state index contributed by atoms with van der Waals surface area (Å²) in [7, 11) is 0. The van der Waals surface area contributed by atoms with E-state index >= 15 is 0 Å². The highest BCUT2D eigenvalue weighted by molar-refractivity contribution is 5.85. The molecule has 2 unspecified atom stereocenters. The number of aromatic amines is 1. The third-order valence-electron chi connectivity index (χ3n) is 9.14. The lowest BCUT2D eigenvalue weighted by molar-refractivity contribution is 0.100. The number of hydrogen-bond donors (Lipinski definition) is 3. The molecule has 6 rings (SSSR count). The first-order chi connectivity index (χ1) is 18.0. The van der Waals surface area contributed by atoms with E-state index in [2.05, 4.69) is 33.9 Å². The fraction of sp³-hybridized carbons (Fsp3) is 0.741. The molecule has 200 valence electrons. The zero-order valence-corrected chi connectivity index (χ0v) is 21.9. The van der Waals surface area contributed by atoms with E-state index in [1.165, 1.54) is 44.9 Å². The number of H-pyrrole nitrogens is 1. The number of nitrogens with one attached hydrogen (secondary N) is 2. The summed E-state index contributed by atoms with van der Waals surface area (Å²) >= 11 is 0. The van der Waals surface area contributed by atoms with Gasteiger partial charge in [-0.15, -0.1) is 0 Å². The Kier molecular flexibility index (Phi) is 6.77. The van der Waals surface area contributed by atoms with Gasteiger partial charge < -0.3 is 15.0 Å². The monoisotopic (exact) mass is 509 g/mol. The number of aliphatic hydroxyl groups is 1. The van der Waals surface area contributed by atoms with Crippen LogP contribution in [0.2, 0.25) is 0 Å². The summed E-state index contributed by atoms with van der Waals surface area (Å²) in [4.78, 5) is 28.9. The van der Waals surface area contributed by atoms with E-state index in [1.54, 1.807) is 0 Å². The van der Waals surface area contributed by atoms with E-state index in [1.807, 2.05) is 0 Å². The number of fused-ring (bicyclic) bond motifs is 1. The molecule has 3 N–H and O–H groups in total. The molecule has 10 nitrogen and oxygen atoms in total. The van der Waals surface area contributed by atoms with Crippen LogP contribution in [-0.4, -0.2) is 46.9 Å². The predicted molar refractivity (Wildman–Crippen MR) is 140 cm³/mol. The van der Waals surface area contributed by atoms with Gasteiger partial charge in [0, 0.05) is 18.5 Å². The van der Waals surface area contributed by atoms with Crippen LogP contribution in [0.25, 0.3) is 22.8 Å². The van der Waals surface area contributed by atoms with Crippen molar-refractivity contribution in [1.29, 1.82) is 0 Å². The van der Waals surface area contributed by atoms with Crippen LogP contribution in [0.4, 0.5) is 5.82 Å². The highest BCUT2D eigenvalue weighted by Crippen LogP contribution is 2.39. The third kappa shape index (κ3) is 4.92. The molecule has 3 aliphatic rings. The Morgan fingerprint density at radius 2 is 1.84 bits per heavy atom. The number of aromatic nitrogens is 6. The van der Waals surface area contributed by atoms with Crippen LogP contribution >= 0.6 is 0 Å². The maximum absolute atomic E-state index is 11.7. The normalized spacial score (nSPS) is 27.8. The molecule has 37 heavy (non-hydrogen) atoms. The summed E-state index contributed by atoms with van der Waals surface area (Å²) in [5.41, 5.74) is 1.47. The molecule has 3 aromatic rings. The van der Waals surface area contributed by atoms with E-state index < -0.39 is 11.9 Å². The molecule has 0 amide bonds. The number of imidazole rings is 1.